The van der Waals surface area contributed by atoms with Crippen molar-refractivity contribution in [2.24, 2.45) is 0 Å². The molecule has 2 heterocycles. The Balaban J connectivity index is 2.24. The SMILES string of the molecule is O=C(C1=CCCCO1)c1cncc(Cl)c1. The highest BCUT2D eigenvalue weighted by atomic mass is 35.5. The first kappa shape index (κ1) is 10.2. The summed E-state index contributed by atoms with van der Waals surface area (Å²) in [5, 5.41) is 0.456. The van der Waals surface area contributed by atoms with Crippen molar-refractivity contribution >= 4 is 17.4 Å². The first-order valence-electron chi connectivity index (χ1n) is 4.75. The molecule has 0 fully saturated rings. The second-order valence-electron chi connectivity index (χ2n) is 3.28. The molecule has 2 rings (SSSR count). The molecule has 1 aromatic heterocycles. The Morgan fingerprint density at radius 1 is 1.47 bits per heavy atom. The van der Waals surface area contributed by atoms with Crippen molar-refractivity contribution in [3.05, 3.63) is 40.9 Å². The molecule has 0 unspecified atom stereocenters. The number of allylic oxidation sites excluding steroid dienone is 2. The van der Waals surface area contributed by atoms with Crippen molar-refractivity contribution in [1.82, 2.24) is 4.98 Å². The third kappa shape index (κ3) is 2.36. The van der Waals surface area contributed by atoms with Gasteiger partial charge in [-0.15, -0.1) is 0 Å². The smallest absolute Gasteiger partial charge is 0.228 e. The van der Waals surface area contributed by atoms with E-state index in [9.17, 15) is 4.79 Å². The van der Waals surface area contributed by atoms with Gasteiger partial charge in [0.2, 0.25) is 5.78 Å². The number of ketones is 1. The number of Topliss-reactive ketones (excluding diaryl/α,β-unsaturated/α-hetero) is 1. The van der Waals surface area contributed by atoms with Gasteiger partial charge >= 0.3 is 0 Å². The fourth-order valence-electron chi connectivity index (χ4n) is 1.39. The molecule has 15 heavy (non-hydrogen) atoms. The van der Waals surface area contributed by atoms with E-state index in [0.29, 0.717) is 23.0 Å². The number of carbonyl (C=O) groups is 1. The minimum Gasteiger partial charge on any atom is -0.490 e. The van der Waals surface area contributed by atoms with Crippen LogP contribution in [0.1, 0.15) is 23.2 Å². The molecule has 0 spiro atoms. The highest BCUT2D eigenvalue weighted by Gasteiger charge is 2.16. The van der Waals surface area contributed by atoms with Gasteiger partial charge in [0.1, 0.15) is 0 Å². The summed E-state index contributed by atoms with van der Waals surface area (Å²) in [5.41, 5.74) is 0.468. The number of pyridine rings is 1. The Labute approximate surface area is 92.7 Å². The van der Waals surface area contributed by atoms with Crippen LogP contribution in [-0.4, -0.2) is 17.4 Å². The van der Waals surface area contributed by atoms with Crippen molar-refractivity contribution in [3.63, 3.8) is 0 Å². The first-order chi connectivity index (χ1) is 7.27. The number of rotatable bonds is 2. The van der Waals surface area contributed by atoms with E-state index in [4.69, 9.17) is 16.3 Å². The number of ether oxygens (including phenoxy) is 1. The van der Waals surface area contributed by atoms with E-state index >= 15 is 0 Å². The van der Waals surface area contributed by atoms with Crippen molar-refractivity contribution in [3.8, 4) is 0 Å². The Bertz CT molecular complexity index is 415. The molecule has 0 aliphatic carbocycles. The largest absolute Gasteiger partial charge is 0.490 e. The predicted octanol–water partition coefficient (Wildman–Crippen LogP) is 2.61. The molecule has 0 saturated carbocycles. The molecule has 0 amide bonds. The Morgan fingerprint density at radius 2 is 2.33 bits per heavy atom. The lowest BCUT2D eigenvalue weighted by molar-refractivity contribution is 0.0898. The van der Waals surface area contributed by atoms with Crippen molar-refractivity contribution in [2.45, 2.75) is 12.8 Å². The molecular weight excluding hydrogens is 214 g/mol. The normalized spacial score (nSPS) is 15.4. The lowest BCUT2D eigenvalue weighted by Gasteiger charge is -2.13. The Kier molecular flexibility index (Phi) is 3.02. The molecule has 1 aliphatic heterocycles. The summed E-state index contributed by atoms with van der Waals surface area (Å²) in [4.78, 5) is 15.7. The van der Waals surface area contributed by atoms with E-state index < -0.39 is 0 Å². The van der Waals surface area contributed by atoms with E-state index in [1.165, 1.54) is 12.4 Å². The number of halogens is 1. The van der Waals surface area contributed by atoms with Crippen LogP contribution in [0.3, 0.4) is 0 Å². The minimum absolute atomic E-state index is 0.148. The third-order valence-corrected chi connectivity index (χ3v) is 2.33. The molecule has 78 valence electrons. The maximum Gasteiger partial charge on any atom is 0.228 e. The first-order valence-corrected chi connectivity index (χ1v) is 5.13. The van der Waals surface area contributed by atoms with E-state index in [0.717, 1.165) is 12.8 Å². The third-order valence-electron chi connectivity index (χ3n) is 2.13. The van der Waals surface area contributed by atoms with Gasteiger partial charge in [-0.3, -0.25) is 9.78 Å². The topological polar surface area (TPSA) is 39.2 Å². The molecule has 4 heteroatoms. The number of hydrogen-bond donors (Lipinski definition) is 0. The summed E-state index contributed by atoms with van der Waals surface area (Å²) < 4.78 is 5.27. The highest BCUT2D eigenvalue weighted by Crippen LogP contribution is 2.17. The zero-order chi connectivity index (χ0) is 10.7. The summed E-state index contributed by atoms with van der Waals surface area (Å²) in [5.74, 6) is 0.259. The highest BCUT2D eigenvalue weighted by molar-refractivity contribution is 6.31. The van der Waals surface area contributed by atoms with Gasteiger partial charge < -0.3 is 4.74 Å². The number of hydrogen-bond acceptors (Lipinski definition) is 3. The van der Waals surface area contributed by atoms with Crippen molar-refractivity contribution < 1.29 is 9.53 Å². The standard InChI is InChI=1S/C11H10ClNO2/c12-9-5-8(6-13-7-9)11(14)10-3-1-2-4-15-10/h3,5-7H,1-2,4H2. The van der Waals surface area contributed by atoms with Gasteiger partial charge in [-0.05, 0) is 25.0 Å². The lowest BCUT2D eigenvalue weighted by Crippen LogP contribution is -2.11. The lowest BCUT2D eigenvalue weighted by atomic mass is 10.1. The summed E-state index contributed by atoms with van der Waals surface area (Å²) in [6, 6.07) is 1.59. The summed E-state index contributed by atoms with van der Waals surface area (Å²) in [6.07, 6.45) is 6.65. The van der Waals surface area contributed by atoms with Crippen LogP contribution < -0.4 is 0 Å². The second kappa shape index (κ2) is 4.45. The molecule has 3 nitrogen and oxygen atoms in total. The van der Waals surface area contributed by atoms with Gasteiger partial charge in [-0.2, -0.15) is 0 Å². The zero-order valence-electron chi connectivity index (χ0n) is 8.07. The number of aromatic nitrogens is 1. The van der Waals surface area contributed by atoms with Gasteiger partial charge in [0.15, 0.2) is 5.76 Å². The van der Waals surface area contributed by atoms with Crippen LogP contribution in [0.2, 0.25) is 5.02 Å². The van der Waals surface area contributed by atoms with E-state index in [-0.39, 0.29) is 5.78 Å². The Hall–Kier alpha value is -1.35. The summed E-state index contributed by atoms with van der Waals surface area (Å²) in [7, 11) is 0. The molecule has 0 N–H and O–H groups in total. The van der Waals surface area contributed by atoms with E-state index in [1.54, 1.807) is 6.07 Å². The fourth-order valence-corrected chi connectivity index (χ4v) is 1.57. The fraction of sp³-hybridized carbons (Fsp3) is 0.273. The molecular formula is C11H10ClNO2. The average molecular weight is 224 g/mol. The summed E-state index contributed by atoms with van der Waals surface area (Å²) in [6.45, 7) is 0.603. The summed E-state index contributed by atoms with van der Waals surface area (Å²) >= 11 is 5.75. The zero-order valence-corrected chi connectivity index (χ0v) is 8.83. The van der Waals surface area contributed by atoms with Crippen molar-refractivity contribution in [2.75, 3.05) is 6.61 Å². The Morgan fingerprint density at radius 3 is 3.00 bits per heavy atom. The maximum absolute atomic E-state index is 11.9. The maximum atomic E-state index is 11.9. The molecule has 0 saturated heterocycles. The second-order valence-corrected chi connectivity index (χ2v) is 3.72. The van der Waals surface area contributed by atoms with E-state index in [1.807, 2.05) is 6.08 Å². The predicted molar refractivity (Wildman–Crippen MR) is 56.8 cm³/mol. The molecule has 0 atom stereocenters. The van der Waals surface area contributed by atoms with Gasteiger partial charge in [0.05, 0.1) is 11.6 Å². The van der Waals surface area contributed by atoms with Crippen LogP contribution in [0.25, 0.3) is 0 Å². The minimum atomic E-state index is -0.148. The van der Waals surface area contributed by atoms with Crippen LogP contribution in [0.5, 0.6) is 0 Å². The van der Waals surface area contributed by atoms with E-state index in [2.05, 4.69) is 4.98 Å². The van der Waals surface area contributed by atoms with Gasteiger partial charge in [0, 0.05) is 18.0 Å². The molecule has 0 radical (unpaired) electrons. The number of carbonyl (C=O) groups excluding carboxylic acids is 1. The average Bonchev–Trinajstić information content (AvgIpc) is 2.29. The van der Waals surface area contributed by atoms with Crippen LogP contribution in [-0.2, 0) is 4.74 Å². The molecule has 0 bridgehead atoms. The molecule has 0 aromatic carbocycles. The monoisotopic (exact) mass is 223 g/mol. The van der Waals surface area contributed by atoms with Crippen LogP contribution in [0.15, 0.2) is 30.3 Å². The van der Waals surface area contributed by atoms with Gasteiger partial charge in [-0.25, -0.2) is 0 Å². The quantitative estimate of drug-likeness (QED) is 0.724. The van der Waals surface area contributed by atoms with Crippen LogP contribution >= 0.6 is 11.6 Å². The molecule has 1 aliphatic rings. The van der Waals surface area contributed by atoms with Crippen molar-refractivity contribution in [1.29, 1.82) is 0 Å². The van der Waals surface area contributed by atoms with Gasteiger partial charge in [-0.1, -0.05) is 11.6 Å². The van der Waals surface area contributed by atoms with Crippen LogP contribution in [0, 0.1) is 0 Å². The van der Waals surface area contributed by atoms with Crippen LogP contribution in [0.4, 0.5) is 0 Å². The number of nitrogens with zero attached hydrogens (tertiary/aromatic N) is 1. The molecule has 1 aromatic rings. The van der Waals surface area contributed by atoms with Gasteiger partial charge in [0.25, 0.3) is 0 Å².